The van der Waals surface area contributed by atoms with Crippen LogP contribution in [0.2, 0.25) is 0 Å². The molecule has 1 saturated heterocycles. The van der Waals surface area contributed by atoms with Crippen LogP contribution in [0.5, 0.6) is 0 Å². The number of piperidine rings is 1. The first kappa shape index (κ1) is 14.8. The Morgan fingerprint density at radius 3 is 2.60 bits per heavy atom. The molecule has 20 heavy (non-hydrogen) atoms. The van der Waals surface area contributed by atoms with E-state index in [1.807, 2.05) is 6.92 Å². The molecule has 0 bridgehead atoms. The van der Waals surface area contributed by atoms with Crippen LogP contribution in [-0.2, 0) is 14.4 Å². The zero-order chi connectivity index (χ0) is 14.7. The molecule has 1 aliphatic heterocycles. The fraction of sp³-hybridized carbons (Fsp3) is 0.786. The quantitative estimate of drug-likeness (QED) is 0.700. The summed E-state index contributed by atoms with van der Waals surface area (Å²) in [7, 11) is 0. The largest absolute Gasteiger partial charge is 0.481 e. The number of carbonyl (C=O) groups is 3. The van der Waals surface area contributed by atoms with Gasteiger partial charge in [0.05, 0.1) is 11.8 Å². The summed E-state index contributed by atoms with van der Waals surface area (Å²) in [6.07, 6.45) is 3.19. The molecule has 6 nitrogen and oxygen atoms in total. The molecule has 4 atom stereocenters. The highest BCUT2D eigenvalue weighted by atomic mass is 16.4. The van der Waals surface area contributed by atoms with Crippen molar-refractivity contribution in [2.45, 2.75) is 45.1 Å². The molecule has 2 aliphatic rings. The third-order valence-corrected chi connectivity index (χ3v) is 4.50. The Morgan fingerprint density at radius 1 is 1.35 bits per heavy atom. The van der Waals surface area contributed by atoms with Gasteiger partial charge in [-0.3, -0.25) is 14.4 Å². The molecule has 2 rings (SSSR count). The van der Waals surface area contributed by atoms with Gasteiger partial charge >= 0.3 is 5.97 Å². The molecule has 2 amide bonds. The fourth-order valence-electron chi connectivity index (χ4n) is 3.20. The first-order valence-electron chi connectivity index (χ1n) is 7.31. The summed E-state index contributed by atoms with van der Waals surface area (Å²) in [5, 5.41) is 14.9. The minimum atomic E-state index is -0.877. The Morgan fingerprint density at radius 2 is 2.05 bits per heavy atom. The number of amides is 2. The lowest BCUT2D eigenvalue weighted by atomic mass is 9.94. The fourth-order valence-corrected chi connectivity index (χ4v) is 3.20. The van der Waals surface area contributed by atoms with Gasteiger partial charge in [-0.2, -0.15) is 0 Å². The van der Waals surface area contributed by atoms with Crippen molar-refractivity contribution < 1.29 is 19.5 Å². The summed E-state index contributed by atoms with van der Waals surface area (Å²) < 4.78 is 0. The maximum absolute atomic E-state index is 12.3. The van der Waals surface area contributed by atoms with E-state index in [1.54, 1.807) is 0 Å². The number of carboxylic acids is 1. The van der Waals surface area contributed by atoms with Gasteiger partial charge in [0, 0.05) is 19.0 Å². The molecule has 0 aromatic carbocycles. The highest BCUT2D eigenvalue weighted by molar-refractivity contribution is 5.86. The second-order valence-corrected chi connectivity index (χ2v) is 5.85. The van der Waals surface area contributed by atoms with E-state index in [9.17, 15) is 19.5 Å². The number of aliphatic carboxylic acids is 1. The number of carbonyl (C=O) groups excluding carboxylic acids is 2. The lowest BCUT2D eigenvalue weighted by Gasteiger charge is -2.25. The lowest BCUT2D eigenvalue weighted by molar-refractivity contribution is -0.146. The monoisotopic (exact) mass is 282 g/mol. The standard InChI is InChI=1S/C14H22N2O4/c1-2-8-5-10(11(6-8)14(19)20)13(18)16-9-3-4-12(17)15-7-9/h8-11H,2-7H2,1H3,(H,15,17)(H,16,18)(H,19,20)/t8?,9?,10-,11+/m0/s1. The molecule has 0 radical (unpaired) electrons. The highest BCUT2D eigenvalue weighted by Crippen LogP contribution is 2.38. The average molecular weight is 282 g/mol. The van der Waals surface area contributed by atoms with Crippen molar-refractivity contribution >= 4 is 17.8 Å². The zero-order valence-corrected chi connectivity index (χ0v) is 11.7. The molecule has 1 aliphatic carbocycles. The van der Waals surface area contributed by atoms with E-state index in [1.165, 1.54) is 0 Å². The number of rotatable bonds is 4. The highest BCUT2D eigenvalue weighted by Gasteiger charge is 2.42. The molecule has 2 unspecified atom stereocenters. The number of nitrogens with one attached hydrogen (secondary N) is 2. The molecule has 112 valence electrons. The topological polar surface area (TPSA) is 95.5 Å². The van der Waals surface area contributed by atoms with Crippen molar-refractivity contribution in [3.8, 4) is 0 Å². The smallest absolute Gasteiger partial charge is 0.307 e. The van der Waals surface area contributed by atoms with Gasteiger partial charge in [-0.05, 0) is 25.2 Å². The van der Waals surface area contributed by atoms with Crippen molar-refractivity contribution in [2.24, 2.45) is 17.8 Å². The van der Waals surface area contributed by atoms with E-state index in [0.29, 0.717) is 38.1 Å². The van der Waals surface area contributed by atoms with Gasteiger partial charge in [0.25, 0.3) is 0 Å². The van der Waals surface area contributed by atoms with Gasteiger partial charge in [0.2, 0.25) is 11.8 Å². The van der Waals surface area contributed by atoms with Crippen molar-refractivity contribution in [3.63, 3.8) is 0 Å². The summed E-state index contributed by atoms with van der Waals surface area (Å²) in [5.41, 5.74) is 0. The van der Waals surface area contributed by atoms with Gasteiger partial charge in [-0.25, -0.2) is 0 Å². The Hall–Kier alpha value is -1.59. The Bertz CT molecular complexity index is 400. The molecule has 0 aromatic rings. The van der Waals surface area contributed by atoms with E-state index < -0.39 is 17.8 Å². The third kappa shape index (κ3) is 3.29. The Labute approximate surface area is 118 Å². The SMILES string of the molecule is CCC1C[C@H](C(=O)NC2CCC(=O)NC2)[C@H](C(=O)O)C1. The average Bonchev–Trinajstić information content (AvgIpc) is 2.86. The first-order valence-corrected chi connectivity index (χ1v) is 7.31. The van der Waals surface area contributed by atoms with Gasteiger partial charge in [0.1, 0.15) is 0 Å². The maximum atomic E-state index is 12.3. The molecule has 2 fully saturated rings. The molecular formula is C14H22N2O4. The Kier molecular flexibility index (Phi) is 4.62. The summed E-state index contributed by atoms with van der Waals surface area (Å²) in [6.45, 7) is 2.47. The predicted octanol–water partition coefficient (Wildman–Crippen LogP) is 0.518. The maximum Gasteiger partial charge on any atom is 0.307 e. The van der Waals surface area contributed by atoms with E-state index in [-0.39, 0.29) is 17.9 Å². The molecule has 1 saturated carbocycles. The molecule has 0 spiro atoms. The summed E-state index contributed by atoms with van der Waals surface area (Å²) >= 11 is 0. The summed E-state index contributed by atoms with van der Waals surface area (Å²) in [4.78, 5) is 34.6. The van der Waals surface area contributed by atoms with E-state index in [0.717, 1.165) is 6.42 Å². The van der Waals surface area contributed by atoms with Crippen LogP contribution >= 0.6 is 0 Å². The van der Waals surface area contributed by atoms with E-state index in [2.05, 4.69) is 10.6 Å². The molecule has 1 heterocycles. The zero-order valence-electron chi connectivity index (χ0n) is 11.7. The van der Waals surface area contributed by atoms with Crippen molar-refractivity contribution in [2.75, 3.05) is 6.54 Å². The van der Waals surface area contributed by atoms with Crippen molar-refractivity contribution in [1.29, 1.82) is 0 Å². The normalized spacial score (nSPS) is 33.5. The summed E-state index contributed by atoms with van der Waals surface area (Å²) in [6, 6.07) is -0.0738. The van der Waals surface area contributed by atoms with E-state index >= 15 is 0 Å². The Balaban J connectivity index is 1.93. The van der Waals surface area contributed by atoms with Crippen LogP contribution in [0.3, 0.4) is 0 Å². The second-order valence-electron chi connectivity index (χ2n) is 5.85. The lowest BCUT2D eigenvalue weighted by Crippen LogP contribution is -2.50. The third-order valence-electron chi connectivity index (χ3n) is 4.50. The molecule has 6 heteroatoms. The number of hydrogen-bond donors (Lipinski definition) is 3. The van der Waals surface area contributed by atoms with E-state index in [4.69, 9.17) is 0 Å². The van der Waals surface area contributed by atoms with Gasteiger partial charge in [-0.15, -0.1) is 0 Å². The van der Waals surface area contributed by atoms with Crippen LogP contribution in [0.4, 0.5) is 0 Å². The van der Waals surface area contributed by atoms with Gasteiger partial charge in [0.15, 0.2) is 0 Å². The van der Waals surface area contributed by atoms with Crippen LogP contribution in [0.15, 0.2) is 0 Å². The molecule has 0 aromatic heterocycles. The first-order chi connectivity index (χ1) is 9.51. The van der Waals surface area contributed by atoms with Crippen LogP contribution in [0.1, 0.15) is 39.0 Å². The number of hydrogen-bond acceptors (Lipinski definition) is 3. The van der Waals surface area contributed by atoms with Crippen LogP contribution < -0.4 is 10.6 Å². The minimum absolute atomic E-state index is 0.00539. The molecule has 3 N–H and O–H groups in total. The van der Waals surface area contributed by atoms with Crippen LogP contribution in [0.25, 0.3) is 0 Å². The van der Waals surface area contributed by atoms with Crippen molar-refractivity contribution in [3.05, 3.63) is 0 Å². The van der Waals surface area contributed by atoms with Crippen LogP contribution in [0, 0.1) is 17.8 Å². The van der Waals surface area contributed by atoms with Crippen molar-refractivity contribution in [1.82, 2.24) is 10.6 Å². The predicted molar refractivity (Wildman–Crippen MR) is 71.8 cm³/mol. The van der Waals surface area contributed by atoms with Gasteiger partial charge in [-0.1, -0.05) is 13.3 Å². The second kappa shape index (κ2) is 6.24. The molecular weight excluding hydrogens is 260 g/mol. The number of carboxylic acid groups (broad SMARTS) is 1. The van der Waals surface area contributed by atoms with Crippen LogP contribution in [-0.4, -0.2) is 35.5 Å². The minimum Gasteiger partial charge on any atom is -0.481 e. The van der Waals surface area contributed by atoms with Gasteiger partial charge < -0.3 is 15.7 Å². The summed E-state index contributed by atoms with van der Waals surface area (Å²) in [5.74, 6) is -1.73.